The maximum atomic E-state index is 13.4. The van der Waals surface area contributed by atoms with E-state index < -0.39 is 0 Å². The standard InChI is InChI=1S/C16H22FN3O/c1-12(2)19-11-13-10-14(17)4-5-15(13)21-9-6-16-18-7-8-20(16)3/h4-5,7-8,10,12,19H,6,9,11H2,1-3H3. The van der Waals surface area contributed by atoms with Crippen molar-refractivity contribution in [3.63, 3.8) is 0 Å². The van der Waals surface area contributed by atoms with Crippen molar-refractivity contribution in [2.45, 2.75) is 32.9 Å². The van der Waals surface area contributed by atoms with Gasteiger partial charge in [-0.2, -0.15) is 0 Å². The number of imidazole rings is 1. The lowest BCUT2D eigenvalue weighted by Gasteiger charge is -2.14. The van der Waals surface area contributed by atoms with Crippen molar-refractivity contribution >= 4 is 0 Å². The molecule has 1 aromatic heterocycles. The zero-order valence-corrected chi connectivity index (χ0v) is 12.8. The van der Waals surface area contributed by atoms with Crippen LogP contribution < -0.4 is 10.1 Å². The predicted molar refractivity (Wildman–Crippen MR) is 80.8 cm³/mol. The quantitative estimate of drug-likeness (QED) is 0.852. The Morgan fingerprint density at radius 1 is 1.38 bits per heavy atom. The number of hydrogen-bond donors (Lipinski definition) is 1. The molecule has 114 valence electrons. The summed E-state index contributed by atoms with van der Waals surface area (Å²) in [5, 5.41) is 3.28. The second-order valence-corrected chi connectivity index (χ2v) is 5.34. The van der Waals surface area contributed by atoms with E-state index in [2.05, 4.69) is 24.1 Å². The van der Waals surface area contributed by atoms with Crippen LogP contribution in [0, 0.1) is 5.82 Å². The van der Waals surface area contributed by atoms with Gasteiger partial charge in [-0.15, -0.1) is 0 Å². The van der Waals surface area contributed by atoms with Crippen molar-refractivity contribution in [2.24, 2.45) is 7.05 Å². The predicted octanol–water partition coefficient (Wildman–Crippen LogP) is 2.68. The molecule has 0 bridgehead atoms. The first-order valence-corrected chi connectivity index (χ1v) is 7.17. The monoisotopic (exact) mass is 291 g/mol. The van der Waals surface area contributed by atoms with Gasteiger partial charge in [0.05, 0.1) is 6.61 Å². The lowest BCUT2D eigenvalue weighted by Crippen LogP contribution is -2.22. The van der Waals surface area contributed by atoms with Crippen LogP contribution in [-0.4, -0.2) is 22.2 Å². The maximum Gasteiger partial charge on any atom is 0.124 e. The van der Waals surface area contributed by atoms with Gasteiger partial charge in [-0.25, -0.2) is 9.37 Å². The van der Waals surface area contributed by atoms with Crippen molar-refractivity contribution < 1.29 is 9.13 Å². The molecule has 0 unspecified atom stereocenters. The molecule has 2 aromatic rings. The Kier molecular flexibility index (Phi) is 5.33. The molecule has 4 nitrogen and oxygen atoms in total. The van der Waals surface area contributed by atoms with Gasteiger partial charge < -0.3 is 14.6 Å². The molecule has 0 radical (unpaired) electrons. The minimum absolute atomic E-state index is 0.244. The van der Waals surface area contributed by atoms with Gasteiger partial charge in [-0.1, -0.05) is 13.8 Å². The van der Waals surface area contributed by atoms with Crippen molar-refractivity contribution in [1.29, 1.82) is 0 Å². The number of aromatic nitrogens is 2. The number of rotatable bonds is 7. The van der Waals surface area contributed by atoms with E-state index in [-0.39, 0.29) is 5.82 Å². The van der Waals surface area contributed by atoms with Gasteiger partial charge in [-0.3, -0.25) is 0 Å². The number of halogens is 1. The highest BCUT2D eigenvalue weighted by Gasteiger charge is 2.07. The van der Waals surface area contributed by atoms with E-state index in [0.29, 0.717) is 19.2 Å². The fraction of sp³-hybridized carbons (Fsp3) is 0.438. The Hall–Kier alpha value is -1.88. The molecule has 5 heteroatoms. The highest BCUT2D eigenvalue weighted by Crippen LogP contribution is 2.20. The molecule has 0 saturated heterocycles. The van der Waals surface area contributed by atoms with Crippen LogP contribution >= 0.6 is 0 Å². The molecule has 0 aliphatic heterocycles. The third kappa shape index (κ3) is 4.56. The van der Waals surface area contributed by atoms with Crippen LogP contribution in [0.3, 0.4) is 0 Å². The van der Waals surface area contributed by atoms with E-state index in [4.69, 9.17) is 4.74 Å². The van der Waals surface area contributed by atoms with E-state index in [9.17, 15) is 4.39 Å². The molecular formula is C16H22FN3O. The number of nitrogens with one attached hydrogen (secondary N) is 1. The Morgan fingerprint density at radius 3 is 2.86 bits per heavy atom. The van der Waals surface area contributed by atoms with E-state index in [0.717, 1.165) is 23.6 Å². The summed E-state index contributed by atoms with van der Waals surface area (Å²) in [4.78, 5) is 4.25. The lowest BCUT2D eigenvalue weighted by atomic mass is 10.2. The smallest absolute Gasteiger partial charge is 0.124 e. The van der Waals surface area contributed by atoms with Crippen LogP contribution in [0.5, 0.6) is 5.75 Å². The van der Waals surface area contributed by atoms with Gasteiger partial charge >= 0.3 is 0 Å². The molecule has 0 atom stereocenters. The fourth-order valence-corrected chi connectivity index (χ4v) is 2.03. The molecule has 0 spiro atoms. The SMILES string of the molecule is CC(C)NCc1cc(F)ccc1OCCc1nccn1C. The first kappa shape index (κ1) is 15.5. The Balaban J connectivity index is 1.96. The molecule has 0 aliphatic rings. The Bertz CT molecular complexity index is 581. The van der Waals surface area contributed by atoms with E-state index in [1.165, 1.54) is 12.1 Å². The molecule has 1 heterocycles. The second kappa shape index (κ2) is 7.22. The summed E-state index contributed by atoms with van der Waals surface area (Å²) in [5.74, 6) is 1.45. The molecule has 0 fully saturated rings. The summed E-state index contributed by atoms with van der Waals surface area (Å²) >= 11 is 0. The molecule has 0 amide bonds. The molecule has 21 heavy (non-hydrogen) atoms. The zero-order chi connectivity index (χ0) is 15.2. The number of hydrogen-bond acceptors (Lipinski definition) is 3. The lowest BCUT2D eigenvalue weighted by molar-refractivity contribution is 0.312. The minimum atomic E-state index is -0.244. The normalized spacial score (nSPS) is 11.1. The van der Waals surface area contributed by atoms with Gasteiger partial charge in [0.25, 0.3) is 0 Å². The number of ether oxygens (including phenoxy) is 1. The average molecular weight is 291 g/mol. The van der Waals surface area contributed by atoms with Gasteiger partial charge in [0.2, 0.25) is 0 Å². The highest BCUT2D eigenvalue weighted by atomic mass is 19.1. The fourth-order valence-electron chi connectivity index (χ4n) is 2.03. The minimum Gasteiger partial charge on any atom is -0.493 e. The summed E-state index contributed by atoms with van der Waals surface area (Å²) < 4.78 is 21.1. The number of benzene rings is 1. The summed E-state index contributed by atoms with van der Waals surface area (Å²) in [6.07, 6.45) is 4.40. The molecule has 0 aliphatic carbocycles. The van der Waals surface area contributed by atoms with Crippen LogP contribution in [0.25, 0.3) is 0 Å². The summed E-state index contributed by atoms with van der Waals surface area (Å²) in [6.45, 7) is 5.22. The van der Waals surface area contributed by atoms with Crippen LogP contribution in [0.1, 0.15) is 25.2 Å². The highest BCUT2D eigenvalue weighted by molar-refractivity contribution is 5.34. The van der Waals surface area contributed by atoms with E-state index in [1.54, 1.807) is 12.3 Å². The molecular weight excluding hydrogens is 269 g/mol. The first-order valence-electron chi connectivity index (χ1n) is 7.17. The number of aryl methyl sites for hydroxylation is 1. The average Bonchev–Trinajstić information content (AvgIpc) is 2.84. The summed E-state index contributed by atoms with van der Waals surface area (Å²) in [7, 11) is 1.96. The van der Waals surface area contributed by atoms with Crippen LogP contribution in [0.4, 0.5) is 4.39 Å². The molecule has 0 saturated carbocycles. The van der Waals surface area contributed by atoms with E-state index >= 15 is 0 Å². The first-order chi connectivity index (χ1) is 10.1. The summed E-state index contributed by atoms with van der Waals surface area (Å²) in [6, 6.07) is 4.97. The number of nitrogens with zero attached hydrogens (tertiary/aromatic N) is 2. The van der Waals surface area contributed by atoms with Crippen molar-refractivity contribution in [2.75, 3.05) is 6.61 Å². The third-order valence-electron chi connectivity index (χ3n) is 3.23. The Morgan fingerprint density at radius 2 is 2.19 bits per heavy atom. The van der Waals surface area contributed by atoms with Gasteiger partial charge in [-0.05, 0) is 18.2 Å². The third-order valence-corrected chi connectivity index (χ3v) is 3.23. The van der Waals surface area contributed by atoms with Crippen LogP contribution in [-0.2, 0) is 20.0 Å². The Labute approximate surface area is 125 Å². The molecule has 1 aromatic carbocycles. The molecule has 1 N–H and O–H groups in total. The maximum absolute atomic E-state index is 13.4. The van der Waals surface area contributed by atoms with Crippen molar-refractivity contribution in [3.05, 3.63) is 47.8 Å². The topological polar surface area (TPSA) is 39.1 Å². The second-order valence-electron chi connectivity index (χ2n) is 5.34. The van der Waals surface area contributed by atoms with Gasteiger partial charge in [0.15, 0.2) is 0 Å². The summed E-state index contributed by atoms with van der Waals surface area (Å²) in [5.41, 5.74) is 0.837. The molecule has 2 rings (SSSR count). The van der Waals surface area contributed by atoms with Crippen molar-refractivity contribution in [1.82, 2.24) is 14.9 Å². The van der Waals surface area contributed by atoms with Gasteiger partial charge in [0.1, 0.15) is 17.4 Å². The van der Waals surface area contributed by atoms with E-state index in [1.807, 2.05) is 17.8 Å². The zero-order valence-electron chi connectivity index (χ0n) is 12.8. The van der Waals surface area contributed by atoms with Crippen LogP contribution in [0.15, 0.2) is 30.6 Å². The largest absolute Gasteiger partial charge is 0.493 e. The van der Waals surface area contributed by atoms with Gasteiger partial charge in [0, 0.05) is 44.0 Å². The van der Waals surface area contributed by atoms with Crippen LogP contribution in [0.2, 0.25) is 0 Å². The van der Waals surface area contributed by atoms with Crippen molar-refractivity contribution in [3.8, 4) is 5.75 Å².